The zero-order chi connectivity index (χ0) is 16.1. The first-order chi connectivity index (χ1) is 11.0. The number of carbonyl (C=O) groups is 1. The van der Waals surface area contributed by atoms with Crippen LogP contribution in [0.2, 0.25) is 0 Å². The minimum atomic E-state index is -0.623. The van der Waals surface area contributed by atoms with Gasteiger partial charge < -0.3 is 5.11 Å². The molecule has 0 spiro atoms. The SMILES string of the molecule is Cc1cc(C)n(-c2ccccc2CN2C[C@@H]3C(C(=O)O)[C@@H]3C2)n1. The van der Waals surface area contributed by atoms with Crippen LogP contribution < -0.4 is 0 Å². The van der Waals surface area contributed by atoms with Crippen molar-refractivity contribution in [3.8, 4) is 5.69 Å². The standard InChI is InChI=1S/C18H21N3O2/c1-11-7-12(2)21(19-11)16-6-4-3-5-13(16)8-20-9-14-15(10-20)17(14)18(22)23/h3-7,14-15,17H,8-10H2,1-2H3,(H,22,23)/t14-,15+,17?. The molecule has 1 saturated carbocycles. The van der Waals surface area contributed by atoms with Crippen LogP contribution in [0, 0.1) is 31.6 Å². The van der Waals surface area contributed by atoms with Crippen LogP contribution in [0.25, 0.3) is 5.69 Å². The van der Waals surface area contributed by atoms with E-state index in [1.165, 1.54) is 5.56 Å². The minimum Gasteiger partial charge on any atom is -0.481 e. The maximum Gasteiger partial charge on any atom is 0.307 e. The molecule has 2 heterocycles. The molecule has 5 nitrogen and oxygen atoms in total. The molecule has 2 fully saturated rings. The lowest BCUT2D eigenvalue weighted by Gasteiger charge is -2.20. The smallest absolute Gasteiger partial charge is 0.307 e. The van der Waals surface area contributed by atoms with Crippen LogP contribution in [-0.2, 0) is 11.3 Å². The van der Waals surface area contributed by atoms with Crippen molar-refractivity contribution in [1.82, 2.24) is 14.7 Å². The molecule has 120 valence electrons. The lowest BCUT2D eigenvalue weighted by Crippen LogP contribution is -2.26. The second kappa shape index (κ2) is 5.20. The Morgan fingerprint density at radius 1 is 1.26 bits per heavy atom. The number of hydrogen-bond acceptors (Lipinski definition) is 3. The molecule has 1 saturated heterocycles. The van der Waals surface area contributed by atoms with E-state index in [4.69, 9.17) is 5.11 Å². The summed E-state index contributed by atoms with van der Waals surface area (Å²) >= 11 is 0. The van der Waals surface area contributed by atoms with Crippen molar-refractivity contribution in [2.45, 2.75) is 20.4 Å². The highest BCUT2D eigenvalue weighted by Gasteiger charge is 2.59. The Bertz CT molecular complexity index is 755. The first kappa shape index (κ1) is 14.5. The average Bonchev–Trinajstić information content (AvgIpc) is 2.83. The van der Waals surface area contributed by atoms with Crippen molar-refractivity contribution >= 4 is 5.97 Å². The normalized spacial score (nSPS) is 26.3. The summed E-state index contributed by atoms with van der Waals surface area (Å²) in [5, 5.41) is 13.7. The Hall–Kier alpha value is -2.14. The predicted molar refractivity (Wildman–Crippen MR) is 86.4 cm³/mol. The molecular weight excluding hydrogens is 290 g/mol. The molecular formula is C18H21N3O2. The van der Waals surface area contributed by atoms with Crippen molar-refractivity contribution in [1.29, 1.82) is 0 Å². The van der Waals surface area contributed by atoms with Crippen LogP contribution in [0.15, 0.2) is 30.3 Å². The van der Waals surface area contributed by atoms with Crippen LogP contribution in [-0.4, -0.2) is 38.8 Å². The average molecular weight is 311 g/mol. The molecule has 1 N–H and O–H groups in total. The number of aliphatic carboxylic acids is 1. The number of aryl methyl sites for hydroxylation is 2. The van der Waals surface area contributed by atoms with E-state index in [2.05, 4.69) is 41.2 Å². The van der Waals surface area contributed by atoms with Gasteiger partial charge in [0.05, 0.1) is 17.3 Å². The molecule has 1 aromatic heterocycles. The topological polar surface area (TPSA) is 58.4 Å². The van der Waals surface area contributed by atoms with Gasteiger partial charge >= 0.3 is 5.97 Å². The Balaban J connectivity index is 1.53. The number of carboxylic acids is 1. The minimum absolute atomic E-state index is 0.0995. The maximum atomic E-state index is 11.1. The summed E-state index contributed by atoms with van der Waals surface area (Å²) in [6.45, 7) is 6.72. The number of aromatic nitrogens is 2. The predicted octanol–water partition coefficient (Wildman–Crippen LogP) is 2.25. The third-order valence-electron chi connectivity index (χ3n) is 5.18. The molecule has 0 radical (unpaired) electrons. The van der Waals surface area contributed by atoms with Crippen molar-refractivity contribution in [3.63, 3.8) is 0 Å². The first-order valence-corrected chi connectivity index (χ1v) is 8.11. The van der Waals surface area contributed by atoms with Gasteiger partial charge in [-0.3, -0.25) is 9.69 Å². The quantitative estimate of drug-likeness (QED) is 0.941. The highest BCUT2D eigenvalue weighted by atomic mass is 16.4. The van der Waals surface area contributed by atoms with Crippen molar-refractivity contribution < 1.29 is 9.90 Å². The summed E-state index contributed by atoms with van der Waals surface area (Å²) in [4.78, 5) is 13.5. The summed E-state index contributed by atoms with van der Waals surface area (Å²) in [6.07, 6.45) is 0. The fraction of sp³-hybridized carbons (Fsp3) is 0.444. The van der Waals surface area contributed by atoms with Gasteiger partial charge in [0.1, 0.15) is 0 Å². The number of carboxylic acid groups (broad SMARTS) is 1. The van der Waals surface area contributed by atoms with Gasteiger partial charge in [0.15, 0.2) is 0 Å². The zero-order valence-corrected chi connectivity index (χ0v) is 13.4. The first-order valence-electron chi connectivity index (χ1n) is 8.11. The van der Waals surface area contributed by atoms with Gasteiger partial charge in [-0.2, -0.15) is 5.10 Å². The molecule has 2 aromatic rings. The Labute approximate surface area is 135 Å². The highest BCUT2D eigenvalue weighted by Crippen LogP contribution is 2.52. The highest BCUT2D eigenvalue weighted by molar-refractivity contribution is 5.74. The second-order valence-electron chi connectivity index (χ2n) is 6.85. The Morgan fingerprint density at radius 3 is 2.57 bits per heavy atom. The van der Waals surface area contributed by atoms with Crippen LogP contribution in [0.3, 0.4) is 0 Å². The van der Waals surface area contributed by atoms with Crippen molar-refractivity contribution in [2.24, 2.45) is 17.8 Å². The monoisotopic (exact) mass is 311 g/mol. The van der Waals surface area contributed by atoms with Crippen LogP contribution in [0.1, 0.15) is 17.0 Å². The molecule has 3 atom stereocenters. The molecule has 1 aliphatic heterocycles. The van der Waals surface area contributed by atoms with Gasteiger partial charge in [-0.1, -0.05) is 18.2 Å². The van der Waals surface area contributed by atoms with Gasteiger partial charge in [-0.15, -0.1) is 0 Å². The molecule has 1 aromatic carbocycles. The second-order valence-corrected chi connectivity index (χ2v) is 6.85. The van der Waals surface area contributed by atoms with Gasteiger partial charge in [0.2, 0.25) is 0 Å². The van der Waals surface area contributed by atoms with E-state index in [0.717, 1.165) is 36.7 Å². The summed E-state index contributed by atoms with van der Waals surface area (Å²) in [5.74, 6) is -0.0121. The number of hydrogen-bond donors (Lipinski definition) is 1. The molecule has 4 rings (SSSR count). The molecule has 0 amide bonds. The van der Waals surface area contributed by atoms with Gasteiger partial charge in [0, 0.05) is 25.3 Å². The lowest BCUT2D eigenvalue weighted by molar-refractivity contribution is -0.139. The summed E-state index contributed by atoms with van der Waals surface area (Å²) in [7, 11) is 0. The molecule has 5 heteroatoms. The van der Waals surface area contributed by atoms with Gasteiger partial charge in [0.25, 0.3) is 0 Å². The van der Waals surface area contributed by atoms with E-state index in [0.29, 0.717) is 11.8 Å². The van der Waals surface area contributed by atoms with Gasteiger partial charge in [-0.05, 0) is 43.4 Å². The molecule has 23 heavy (non-hydrogen) atoms. The van der Waals surface area contributed by atoms with Crippen LogP contribution in [0.5, 0.6) is 0 Å². The third-order valence-corrected chi connectivity index (χ3v) is 5.18. The van der Waals surface area contributed by atoms with Crippen molar-refractivity contribution in [3.05, 3.63) is 47.3 Å². The fourth-order valence-corrected chi connectivity index (χ4v) is 4.07. The number of nitrogens with zero attached hydrogens (tertiary/aromatic N) is 3. The van der Waals surface area contributed by atoms with E-state index < -0.39 is 5.97 Å². The number of benzene rings is 1. The molecule has 0 bridgehead atoms. The van der Waals surface area contributed by atoms with Gasteiger partial charge in [-0.25, -0.2) is 4.68 Å². The number of rotatable bonds is 4. The van der Waals surface area contributed by atoms with E-state index in [-0.39, 0.29) is 5.92 Å². The van der Waals surface area contributed by atoms with E-state index in [9.17, 15) is 4.79 Å². The Kier molecular flexibility index (Phi) is 3.27. The lowest BCUT2D eigenvalue weighted by atomic mass is 10.1. The molecule has 1 aliphatic carbocycles. The van der Waals surface area contributed by atoms with Crippen LogP contribution >= 0.6 is 0 Å². The number of likely N-dealkylation sites (tertiary alicyclic amines) is 1. The third kappa shape index (κ3) is 2.45. The van der Waals surface area contributed by atoms with E-state index >= 15 is 0 Å². The maximum absolute atomic E-state index is 11.1. The summed E-state index contributed by atoms with van der Waals surface area (Å²) < 4.78 is 2.00. The van der Waals surface area contributed by atoms with Crippen LogP contribution in [0.4, 0.5) is 0 Å². The number of piperidine rings is 1. The summed E-state index contributed by atoms with van der Waals surface area (Å²) in [5.41, 5.74) is 4.51. The number of fused-ring (bicyclic) bond motifs is 1. The van der Waals surface area contributed by atoms with E-state index in [1.807, 2.05) is 17.7 Å². The van der Waals surface area contributed by atoms with E-state index in [1.54, 1.807) is 0 Å². The number of para-hydroxylation sites is 1. The van der Waals surface area contributed by atoms with Crippen molar-refractivity contribution in [2.75, 3.05) is 13.1 Å². The summed E-state index contributed by atoms with van der Waals surface area (Å²) in [6, 6.07) is 10.4. The fourth-order valence-electron chi connectivity index (χ4n) is 4.07. The zero-order valence-electron chi connectivity index (χ0n) is 13.4. The Morgan fingerprint density at radius 2 is 1.96 bits per heavy atom. The largest absolute Gasteiger partial charge is 0.481 e. The molecule has 2 aliphatic rings. The molecule has 1 unspecified atom stereocenters.